The molecule has 5 rings (SSSR count). The van der Waals surface area contributed by atoms with Gasteiger partial charge in [-0.15, -0.1) is 5.06 Å². The number of unbranched alkanes of at least 4 members (excludes halogenated alkanes) is 2. The van der Waals surface area contributed by atoms with Crippen LogP contribution >= 0.6 is 0 Å². The molecule has 5 saturated heterocycles. The van der Waals surface area contributed by atoms with E-state index in [1.165, 1.54) is 0 Å². The van der Waals surface area contributed by atoms with E-state index >= 15 is 0 Å². The lowest BCUT2D eigenvalue weighted by Crippen LogP contribution is -2.59. The number of nitrogens with zero attached hydrogens (tertiary/aromatic N) is 2. The third-order valence-corrected chi connectivity index (χ3v) is 16.5. The van der Waals surface area contributed by atoms with Gasteiger partial charge in [0.25, 0.3) is 11.8 Å². The molecule has 584 valence electrons. The van der Waals surface area contributed by atoms with Gasteiger partial charge in [0.1, 0.15) is 110 Å². The summed E-state index contributed by atoms with van der Waals surface area (Å²) in [6.07, 6.45) is -34.6. The maximum absolute atomic E-state index is 14.2. The first-order valence-electron chi connectivity index (χ1n) is 33.0. The predicted octanol–water partition coefficient (Wildman–Crippen LogP) is -15.2. The standard InChI is InChI=1S/C58H97N9O35/c68-23-29-41(80)45(84)49(88)55(98-29)94-16-12-60-33(72)7-5-27(53(92)62-14-18-96-57-51(90)47(86)43(82)31(25-70)100-57)64-36(75)21-66(20-35(74)59-11-3-1-2-4-40(79)102-67-38(77)9-10-39(67)78)22-37(76)65-28(54(93)63-15-19-97-58-52(91)48(87)44(83)32(26-71)101-58)6-8-34(73)61-13-17-95-56-50(89)46(85)42(81)30(24-69)99-56/h27-32,41-52,55-58,68-71,80-91H,1-26H2,(H,59,74)(H,60,72)(H,61,73)(H,62,92)(H,63,93)(H,64,75)(H,65,76)/t27-,28-,29+,30+,31+,32+,41+,42+,43+,44+,45-,46-,47-,48-,49+,50+,51+,52+,55-,56-,57-,58-/m0/s1. The molecule has 5 fully saturated rings. The van der Waals surface area contributed by atoms with E-state index in [2.05, 4.69) is 37.2 Å². The highest BCUT2D eigenvalue weighted by atomic mass is 16.7. The van der Waals surface area contributed by atoms with Crippen LogP contribution in [0.4, 0.5) is 0 Å². The molecule has 0 spiro atoms. The molecule has 0 aromatic carbocycles. The largest absolute Gasteiger partial charge is 0.394 e. The Morgan fingerprint density at radius 3 is 1.04 bits per heavy atom. The van der Waals surface area contributed by atoms with Crippen LogP contribution in [0.2, 0.25) is 0 Å². The Kier molecular flexibility index (Phi) is 37.3. The van der Waals surface area contributed by atoms with E-state index in [1.807, 2.05) is 0 Å². The maximum atomic E-state index is 14.2. The van der Waals surface area contributed by atoms with Gasteiger partial charge in [-0.3, -0.25) is 48.1 Å². The smallest absolute Gasteiger partial charge is 0.333 e. The van der Waals surface area contributed by atoms with Gasteiger partial charge in [-0.05, 0) is 25.7 Å². The number of rotatable bonds is 43. The van der Waals surface area contributed by atoms with Crippen LogP contribution in [0.25, 0.3) is 0 Å². The first-order valence-corrected chi connectivity index (χ1v) is 33.0. The number of aliphatic hydroxyl groups excluding tert-OH is 16. The molecule has 102 heavy (non-hydrogen) atoms. The fourth-order valence-corrected chi connectivity index (χ4v) is 10.7. The first kappa shape index (κ1) is 86.5. The number of imide groups is 1. The zero-order valence-corrected chi connectivity index (χ0v) is 55.4. The summed E-state index contributed by atoms with van der Waals surface area (Å²) >= 11 is 0. The van der Waals surface area contributed by atoms with Crippen molar-refractivity contribution in [2.45, 2.75) is 199 Å². The van der Waals surface area contributed by atoms with E-state index < -0.39 is 292 Å². The van der Waals surface area contributed by atoms with Gasteiger partial charge in [-0.2, -0.15) is 0 Å². The molecule has 0 aromatic rings. The van der Waals surface area contributed by atoms with Crippen molar-refractivity contribution >= 4 is 59.1 Å². The van der Waals surface area contributed by atoms with Crippen molar-refractivity contribution in [1.82, 2.24) is 47.2 Å². The van der Waals surface area contributed by atoms with Gasteiger partial charge >= 0.3 is 5.97 Å². The molecule has 23 N–H and O–H groups in total. The highest BCUT2D eigenvalue weighted by molar-refractivity contribution is 6.01. The van der Waals surface area contributed by atoms with Crippen molar-refractivity contribution in [3.63, 3.8) is 0 Å². The van der Waals surface area contributed by atoms with Crippen molar-refractivity contribution in [2.24, 2.45) is 0 Å². The molecule has 0 aliphatic carbocycles. The highest BCUT2D eigenvalue weighted by Gasteiger charge is 2.48. The van der Waals surface area contributed by atoms with E-state index in [1.54, 1.807) is 0 Å². The molecule has 5 aliphatic rings. The number of carbonyl (C=O) groups is 10. The van der Waals surface area contributed by atoms with E-state index in [-0.39, 0.29) is 65.0 Å². The molecule has 5 aliphatic heterocycles. The van der Waals surface area contributed by atoms with E-state index in [0.717, 1.165) is 4.90 Å². The Morgan fingerprint density at radius 2 is 0.706 bits per heavy atom. The van der Waals surface area contributed by atoms with Gasteiger partial charge in [0, 0.05) is 64.8 Å². The number of ether oxygens (including phenoxy) is 8. The second-order valence-electron chi connectivity index (χ2n) is 24.2. The van der Waals surface area contributed by atoms with Gasteiger partial charge in [-0.1, -0.05) is 6.42 Å². The fraction of sp³-hybridized carbons (Fsp3) is 0.828. The van der Waals surface area contributed by atoms with Crippen molar-refractivity contribution in [1.29, 1.82) is 0 Å². The van der Waals surface area contributed by atoms with Gasteiger partial charge < -0.3 is 162 Å². The minimum Gasteiger partial charge on any atom is -0.394 e. The lowest BCUT2D eigenvalue weighted by atomic mass is 9.99. The Balaban J connectivity index is 1.29. The quantitative estimate of drug-likeness (QED) is 0.0199. The number of aliphatic hydroxyl groups is 16. The van der Waals surface area contributed by atoms with Gasteiger partial charge in [0.15, 0.2) is 25.2 Å². The van der Waals surface area contributed by atoms with E-state index in [0.29, 0.717) is 11.5 Å². The average molecular weight is 1480 g/mol. The van der Waals surface area contributed by atoms with Crippen molar-refractivity contribution in [3.05, 3.63) is 0 Å². The number of hydroxylamine groups is 2. The molecule has 9 amide bonds. The van der Waals surface area contributed by atoms with Crippen LogP contribution < -0.4 is 37.2 Å². The molecule has 44 nitrogen and oxygen atoms in total. The zero-order valence-electron chi connectivity index (χ0n) is 55.4. The summed E-state index contributed by atoms with van der Waals surface area (Å²) in [5, 5.41) is 178. The molecular formula is C58H97N9O35. The lowest BCUT2D eigenvalue weighted by molar-refractivity contribution is -0.300. The Bertz CT molecular complexity index is 2520. The SMILES string of the molecule is O=C(CC[C@H](NC(=O)CN(CC(=O)NCCCCCC(=O)ON1C(=O)CCC1=O)CC(=O)N[C@@H](CCC(=O)NCCO[C@H]1O[C@H](CO)[C@@H](O)[C@H](O)[C@H]1O)C(=O)NCCO[C@H]1O[C@H](CO)[C@@H](O)[C@H](O)[C@H]1O)C(=O)NCCO[C@H]1O[C@H](CO)[C@@H](O)[C@H](O)[C@H]1O)NCCO[C@H]1O[C@H](CO)[C@@H](O)[C@H](O)[C@H]1O. The molecule has 0 saturated carbocycles. The lowest BCUT2D eigenvalue weighted by Gasteiger charge is -2.39. The fourth-order valence-electron chi connectivity index (χ4n) is 10.7. The topological polar surface area (TPSA) is 668 Å². The van der Waals surface area contributed by atoms with Crippen LogP contribution in [0.15, 0.2) is 0 Å². The summed E-state index contributed by atoms with van der Waals surface area (Å²) in [7, 11) is 0. The van der Waals surface area contributed by atoms with E-state index in [9.17, 15) is 130 Å². The van der Waals surface area contributed by atoms with Gasteiger partial charge in [0.05, 0.1) is 72.5 Å². The van der Waals surface area contributed by atoms with Crippen LogP contribution in [0, 0.1) is 0 Å². The maximum Gasteiger partial charge on any atom is 0.333 e. The molecule has 0 aromatic heterocycles. The molecule has 0 bridgehead atoms. The second kappa shape index (κ2) is 44.0. The Morgan fingerprint density at radius 1 is 0.392 bits per heavy atom. The number of hydrogen-bond donors (Lipinski definition) is 23. The summed E-state index contributed by atoms with van der Waals surface area (Å²) in [6, 6.07) is -3.27. The Hall–Kier alpha value is -6.10. The van der Waals surface area contributed by atoms with E-state index in [4.69, 9.17) is 42.7 Å². The van der Waals surface area contributed by atoms with Crippen molar-refractivity contribution in [3.8, 4) is 0 Å². The first-order chi connectivity index (χ1) is 48.5. The minimum absolute atomic E-state index is 0.0578. The summed E-state index contributed by atoms with van der Waals surface area (Å²) in [6.45, 7) is -8.81. The third kappa shape index (κ3) is 26.8. The second-order valence-corrected chi connectivity index (χ2v) is 24.2. The number of hydrogen-bond acceptors (Lipinski definition) is 36. The molecule has 5 heterocycles. The number of carbonyl (C=O) groups excluding carboxylic acids is 10. The molecule has 44 heteroatoms. The molecule has 22 atom stereocenters. The van der Waals surface area contributed by atoms with Crippen LogP contribution in [0.1, 0.15) is 64.2 Å². The van der Waals surface area contributed by atoms with Crippen LogP contribution in [0.3, 0.4) is 0 Å². The molecule has 0 unspecified atom stereocenters. The third-order valence-electron chi connectivity index (χ3n) is 16.5. The van der Waals surface area contributed by atoms with Gasteiger partial charge in [-0.25, -0.2) is 4.79 Å². The van der Waals surface area contributed by atoms with Crippen LogP contribution in [0.5, 0.6) is 0 Å². The molecular weight excluding hydrogens is 1380 g/mol. The number of nitrogens with one attached hydrogen (secondary N) is 7. The normalized spacial score (nSPS) is 31.0. The van der Waals surface area contributed by atoms with Crippen molar-refractivity contribution in [2.75, 3.05) is 105 Å². The number of amides is 9. The Labute approximate surface area is 581 Å². The minimum atomic E-state index is -1.82. The summed E-state index contributed by atoms with van der Waals surface area (Å²) in [4.78, 5) is 138. The highest BCUT2D eigenvalue weighted by Crippen LogP contribution is 2.26. The van der Waals surface area contributed by atoms with Crippen LogP contribution in [-0.4, -0.2) is 391 Å². The zero-order chi connectivity index (χ0) is 75.3. The monoisotopic (exact) mass is 1480 g/mol. The van der Waals surface area contributed by atoms with Gasteiger partial charge in [0.2, 0.25) is 41.4 Å². The average Bonchev–Trinajstić information content (AvgIpc) is 1.03. The summed E-state index contributed by atoms with van der Waals surface area (Å²) in [5.74, 6) is -8.66. The summed E-state index contributed by atoms with van der Waals surface area (Å²) in [5.41, 5.74) is 0. The molecule has 0 radical (unpaired) electrons. The predicted molar refractivity (Wildman–Crippen MR) is 328 cm³/mol. The van der Waals surface area contributed by atoms with Crippen LogP contribution in [-0.2, 0) is 90.7 Å². The summed E-state index contributed by atoms with van der Waals surface area (Å²) < 4.78 is 42.9. The van der Waals surface area contributed by atoms with Crippen molar-refractivity contribution < 1.29 is 172 Å².